The lowest BCUT2D eigenvalue weighted by molar-refractivity contribution is -0.119. The summed E-state index contributed by atoms with van der Waals surface area (Å²) in [5.74, 6) is -0.230. The van der Waals surface area contributed by atoms with Gasteiger partial charge in [-0.15, -0.1) is 0 Å². The topological polar surface area (TPSA) is 79.0 Å². The van der Waals surface area contributed by atoms with Gasteiger partial charge in [0, 0.05) is 26.4 Å². The summed E-state index contributed by atoms with van der Waals surface area (Å²) in [5, 5.41) is 2.82. The molecule has 0 saturated carbocycles. The first-order chi connectivity index (χ1) is 9.91. The third-order valence-electron chi connectivity index (χ3n) is 3.91. The van der Waals surface area contributed by atoms with Crippen LogP contribution >= 0.6 is 0 Å². The minimum Gasteiger partial charge on any atom is -0.381 e. The number of carbonyl (C=O) groups is 1. The quantitative estimate of drug-likeness (QED) is 0.876. The third-order valence-corrected chi connectivity index (χ3v) is 5.69. The Bertz CT molecular complexity index is 683. The van der Waals surface area contributed by atoms with E-state index in [0.717, 1.165) is 0 Å². The molecule has 1 fully saturated rings. The molecule has 1 amide bonds. The summed E-state index contributed by atoms with van der Waals surface area (Å²) in [6.45, 7) is 1.04. The second kappa shape index (κ2) is 4.88. The minimum absolute atomic E-state index is 0.0932. The van der Waals surface area contributed by atoms with E-state index in [1.54, 1.807) is 18.2 Å². The van der Waals surface area contributed by atoms with Gasteiger partial charge in [-0.05, 0) is 24.6 Å². The molecule has 114 valence electrons. The molecule has 1 atom stereocenters. The highest BCUT2D eigenvalue weighted by Gasteiger charge is 2.35. The maximum atomic E-state index is 12.1. The highest BCUT2D eigenvalue weighted by atomic mass is 32.2. The lowest BCUT2D eigenvalue weighted by atomic mass is 10.1. The van der Waals surface area contributed by atoms with Gasteiger partial charge < -0.3 is 10.1 Å². The van der Waals surface area contributed by atoms with Gasteiger partial charge in [0.25, 0.3) is 0 Å². The molecule has 3 rings (SSSR count). The van der Waals surface area contributed by atoms with Crippen LogP contribution < -0.4 is 13.9 Å². The Morgan fingerprint density at radius 1 is 1.29 bits per heavy atom. The SMILES string of the molecule is CN1c2ccc(NC(=O)[C@@H]3CCOC3)cc2N(C)S1(=O)=O. The number of amides is 1. The van der Waals surface area contributed by atoms with Crippen LogP contribution in [0.15, 0.2) is 18.2 Å². The Kier molecular flexibility index (Phi) is 3.29. The van der Waals surface area contributed by atoms with Gasteiger partial charge in [0.15, 0.2) is 0 Å². The number of hydrogen-bond acceptors (Lipinski definition) is 4. The summed E-state index contributed by atoms with van der Waals surface area (Å²) in [6.07, 6.45) is 0.716. The van der Waals surface area contributed by atoms with Crippen molar-refractivity contribution in [3.05, 3.63) is 18.2 Å². The average Bonchev–Trinajstić information content (AvgIpc) is 3.04. The van der Waals surface area contributed by atoms with Crippen molar-refractivity contribution >= 4 is 33.2 Å². The average molecular weight is 311 g/mol. The maximum absolute atomic E-state index is 12.1. The molecular weight excluding hydrogens is 294 g/mol. The van der Waals surface area contributed by atoms with E-state index in [9.17, 15) is 13.2 Å². The molecule has 0 unspecified atom stereocenters. The number of hydrogen-bond donors (Lipinski definition) is 1. The van der Waals surface area contributed by atoms with Crippen LogP contribution in [-0.4, -0.2) is 41.6 Å². The van der Waals surface area contributed by atoms with E-state index in [4.69, 9.17) is 4.74 Å². The Labute approximate surface area is 123 Å². The first-order valence-electron chi connectivity index (χ1n) is 6.66. The van der Waals surface area contributed by atoms with Gasteiger partial charge >= 0.3 is 10.2 Å². The molecule has 1 aromatic rings. The van der Waals surface area contributed by atoms with Crippen LogP contribution in [0.2, 0.25) is 0 Å². The van der Waals surface area contributed by atoms with E-state index in [1.165, 1.54) is 22.7 Å². The Morgan fingerprint density at radius 2 is 2.00 bits per heavy atom. The largest absolute Gasteiger partial charge is 0.381 e. The number of nitrogens with zero attached hydrogens (tertiary/aromatic N) is 2. The van der Waals surface area contributed by atoms with Crippen LogP contribution in [-0.2, 0) is 19.7 Å². The van der Waals surface area contributed by atoms with Gasteiger partial charge in [-0.25, -0.2) is 0 Å². The molecule has 0 aromatic heterocycles. The fourth-order valence-electron chi connectivity index (χ4n) is 2.54. The van der Waals surface area contributed by atoms with E-state index in [2.05, 4.69) is 5.32 Å². The van der Waals surface area contributed by atoms with Gasteiger partial charge in [-0.2, -0.15) is 8.42 Å². The van der Waals surface area contributed by atoms with Crippen molar-refractivity contribution in [1.29, 1.82) is 0 Å². The Morgan fingerprint density at radius 3 is 2.67 bits per heavy atom. The zero-order valence-corrected chi connectivity index (χ0v) is 12.7. The van der Waals surface area contributed by atoms with Gasteiger partial charge in [-0.1, -0.05) is 0 Å². The first kappa shape index (κ1) is 14.2. The van der Waals surface area contributed by atoms with E-state index >= 15 is 0 Å². The molecule has 1 saturated heterocycles. The molecule has 8 heteroatoms. The molecule has 0 radical (unpaired) electrons. The minimum atomic E-state index is -3.49. The van der Waals surface area contributed by atoms with Crippen molar-refractivity contribution in [2.45, 2.75) is 6.42 Å². The Balaban J connectivity index is 1.85. The normalized spacial score (nSPS) is 23.2. The molecule has 21 heavy (non-hydrogen) atoms. The van der Waals surface area contributed by atoms with Gasteiger partial charge in [0.05, 0.1) is 23.9 Å². The van der Waals surface area contributed by atoms with E-state index in [1.807, 2.05) is 0 Å². The predicted molar refractivity (Wildman–Crippen MR) is 79.7 cm³/mol. The zero-order chi connectivity index (χ0) is 15.2. The van der Waals surface area contributed by atoms with Crippen LogP contribution in [0.3, 0.4) is 0 Å². The smallest absolute Gasteiger partial charge is 0.326 e. The summed E-state index contributed by atoms with van der Waals surface area (Å²) in [6, 6.07) is 5.07. The summed E-state index contributed by atoms with van der Waals surface area (Å²) < 4.78 is 31.7. The predicted octanol–water partition coefficient (Wildman–Crippen LogP) is 0.792. The van der Waals surface area contributed by atoms with Crippen LogP contribution in [0.25, 0.3) is 0 Å². The van der Waals surface area contributed by atoms with Crippen molar-refractivity contribution in [2.75, 3.05) is 41.2 Å². The molecule has 0 aliphatic carbocycles. The fourth-order valence-corrected chi connectivity index (χ4v) is 3.70. The molecule has 1 aromatic carbocycles. The van der Waals surface area contributed by atoms with Crippen molar-refractivity contribution in [2.24, 2.45) is 5.92 Å². The van der Waals surface area contributed by atoms with Crippen LogP contribution in [0.4, 0.5) is 17.1 Å². The van der Waals surface area contributed by atoms with Crippen molar-refractivity contribution in [3.8, 4) is 0 Å². The molecule has 2 aliphatic heterocycles. The first-order valence-corrected chi connectivity index (χ1v) is 8.06. The van der Waals surface area contributed by atoms with E-state index in [0.29, 0.717) is 36.7 Å². The molecule has 0 bridgehead atoms. The van der Waals surface area contributed by atoms with E-state index in [-0.39, 0.29) is 11.8 Å². The summed E-state index contributed by atoms with van der Waals surface area (Å²) in [5.41, 5.74) is 1.74. The molecule has 0 spiro atoms. The highest BCUT2D eigenvalue weighted by Crippen LogP contribution is 2.40. The Hall–Kier alpha value is -1.80. The van der Waals surface area contributed by atoms with Crippen LogP contribution in [0.5, 0.6) is 0 Å². The lowest BCUT2D eigenvalue weighted by Gasteiger charge is -2.13. The number of ether oxygens (including phenoxy) is 1. The maximum Gasteiger partial charge on any atom is 0.326 e. The number of fused-ring (bicyclic) bond motifs is 1. The fraction of sp³-hybridized carbons (Fsp3) is 0.462. The molecule has 2 aliphatic rings. The number of benzene rings is 1. The molecule has 2 heterocycles. The highest BCUT2D eigenvalue weighted by molar-refractivity contribution is 7.94. The van der Waals surface area contributed by atoms with Crippen molar-refractivity contribution in [1.82, 2.24) is 0 Å². The zero-order valence-electron chi connectivity index (χ0n) is 11.9. The number of carbonyl (C=O) groups excluding carboxylic acids is 1. The second-order valence-electron chi connectivity index (χ2n) is 5.20. The van der Waals surface area contributed by atoms with Crippen LogP contribution in [0.1, 0.15) is 6.42 Å². The van der Waals surface area contributed by atoms with Crippen LogP contribution in [0, 0.1) is 5.92 Å². The summed E-state index contributed by atoms with van der Waals surface area (Å²) >= 11 is 0. The molecule has 1 N–H and O–H groups in total. The van der Waals surface area contributed by atoms with Crippen molar-refractivity contribution in [3.63, 3.8) is 0 Å². The van der Waals surface area contributed by atoms with E-state index < -0.39 is 10.2 Å². The lowest BCUT2D eigenvalue weighted by Crippen LogP contribution is -2.32. The second-order valence-corrected chi connectivity index (χ2v) is 7.19. The number of nitrogens with one attached hydrogen (secondary N) is 1. The van der Waals surface area contributed by atoms with Gasteiger partial charge in [0.1, 0.15) is 0 Å². The van der Waals surface area contributed by atoms with Gasteiger partial charge in [-0.3, -0.25) is 13.4 Å². The summed E-state index contributed by atoms with van der Waals surface area (Å²) in [4.78, 5) is 12.1. The van der Waals surface area contributed by atoms with Crippen molar-refractivity contribution < 1.29 is 17.9 Å². The monoisotopic (exact) mass is 311 g/mol. The molecule has 7 nitrogen and oxygen atoms in total. The summed E-state index contributed by atoms with van der Waals surface area (Å²) in [7, 11) is -0.490. The van der Waals surface area contributed by atoms with Gasteiger partial charge in [0.2, 0.25) is 5.91 Å². The molecular formula is C13H17N3O4S. The number of rotatable bonds is 2. The standard InChI is InChI=1S/C13H17N3O4S/c1-15-11-4-3-10(7-12(11)16(2)21(15,18)19)14-13(17)9-5-6-20-8-9/h3-4,7,9H,5-6,8H2,1-2H3,(H,14,17)/t9-/m1/s1. The third kappa shape index (κ3) is 2.24. The number of anilines is 3.